The molecule has 1 heterocycles. The molecule has 0 spiro atoms. The second kappa shape index (κ2) is 7.97. The first-order chi connectivity index (χ1) is 11.7. The maximum absolute atomic E-state index is 12.3. The standard InChI is InChI=1S/C20H23NO3/c1-15-5-2-6-16(11-15)14-24-18-8-3-7-17(12-18)20(22)21-13-19-9-4-10-23-19/h2-3,5-8,11-12,19H,4,9-10,13-14H2,1H3,(H,21,22). The fraction of sp³-hybridized carbons (Fsp3) is 0.350. The van der Waals surface area contributed by atoms with Crippen LogP contribution in [-0.2, 0) is 11.3 Å². The Morgan fingerprint density at radius 3 is 2.92 bits per heavy atom. The second-order valence-electron chi connectivity index (χ2n) is 6.15. The summed E-state index contributed by atoms with van der Waals surface area (Å²) in [7, 11) is 0. The van der Waals surface area contributed by atoms with Gasteiger partial charge in [0.05, 0.1) is 6.10 Å². The largest absolute Gasteiger partial charge is 0.489 e. The molecule has 126 valence electrons. The Hall–Kier alpha value is -2.33. The zero-order chi connectivity index (χ0) is 16.8. The SMILES string of the molecule is Cc1cccc(COc2cccc(C(=O)NCC3CCCO3)c2)c1. The van der Waals surface area contributed by atoms with E-state index in [1.165, 1.54) is 5.56 Å². The predicted octanol–water partition coefficient (Wildman–Crippen LogP) is 3.48. The van der Waals surface area contributed by atoms with Crippen LogP contribution in [0.2, 0.25) is 0 Å². The molecule has 1 fully saturated rings. The summed E-state index contributed by atoms with van der Waals surface area (Å²) < 4.78 is 11.3. The third-order valence-electron chi connectivity index (χ3n) is 4.10. The summed E-state index contributed by atoms with van der Waals surface area (Å²) in [6.45, 7) is 3.90. The minimum absolute atomic E-state index is 0.0912. The first kappa shape index (κ1) is 16.5. The Morgan fingerprint density at radius 1 is 1.25 bits per heavy atom. The minimum atomic E-state index is -0.0912. The highest BCUT2D eigenvalue weighted by Gasteiger charge is 2.16. The zero-order valence-electron chi connectivity index (χ0n) is 14.0. The molecule has 0 saturated carbocycles. The first-order valence-corrected chi connectivity index (χ1v) is 8.39. The lowest BCUT2D eigenvalue weighted by molar-refractivity contribution is 0.0857. The van der Waals surface area contributed by atoms with Gasteiger partial charge in [-0.25, -0.2) is 0 Å². The molecule has 1 unspecified atom stereocenters. The van der Waals surface area contributed by atoms with Gasteiger partial charge >= 0.3 is 0 Å². The summed E-state index contributed by atoms with van der Waals surface area (Å²) in [6.07, 6.45) is 2.23. The van der Waals surface area contributed by atoms with Crippen LogP contribution in [0.1, 0.15) is 34.3 Å². The number of amides is 1. The molecule has 0 radical (unpaired) electrons. The van der Waals surface area contributed by atoms with Crippen molar-refractivity contribution in [3.8, 4) is 5.75 Å². The average Bonchev–Trinajstić information content (AvgIpc) is 3.12. The van der Waals surface area contributed by atoms with Crippen LogP contribution in [0.5, 0.6) is 5.75 Å². The van der Waals surface area contributed by atoms with Crippen molar-refractivity contribution in [1.29, 1.82) is 0 Å². The van der Waals surface area contributed by atoms with Crippen LogP contribution in [0.3, 0.4) is 0 Å². The maximum atomic E-state index is 12.3. The molecule has 1 aliphatic heterocycles. The molecule has 0 bridgehead atoms. The molecule has 4 nitrogen and oxygen atoms in total. The molecule has 3 rings (SSSR count). The van der Waals surface area contributed by atoms with Gasteiger partial charge in [-0.1, -0.05) is 35.9 Å². The molecule has 0 aliphatic carbocycles. The second-order valence-corrected chi connectivity index (χ2v) is 6.15. The van der Waals surface area contributed by atoms with Crippen LogP contribution in [0.25, 0.3) is 0 Å². The molecule has 2 aromatic rings. The number of carbonyl (C=O) groups is 1. The highest BCUT2D eigenvalue weighted by molar-refractivity contribution is 5.94. The maximum Gasteiger partial charge on any atom is 0.251 e. The van der Waals surface area contributed by atoms with E-state index in [1.54, 1.807) is 12.1 Å². The summed E-state index contributed by atoms with van der Waals surface area (Å²) in [5.41, 5.74) is 2.93. The van der Waals surface area contributed by atoms with Crippen molar-refractivity contribution in [2.24, 2.45) is 0 Å². The van der Waals surface area contributed by atoms with Crippen LogP contribution in [0.4, 0.5) is 0 Å². The quantitative estimate of drug-likeness (QED) is 0.884. The highest BCUT2D eigenvalue weighted by atomic mass is 16.5. The lowest BCUT2D eigenvalue weighted by Crippen LogP contribution is -2.31. The molecule has 24 heavy (non-hydrogen) atoms. The van der Waals surface area contributed by atoms with E-state index in [1.807, 2.05) is 24.3 Å². The molecule has 1 saturated heterocycles. The number of rotatable bonds is 6. The minimum Gasteiger partial charge on any atom is -0.489 e. The molecular weight excluding hydrogens is 302 g/mol. The van der Waals surface area contributed by atoms with E-state index < -0.39 is 0 Å². The highest BCUT2D eigenvalue weighted by Crippen LogP contribution is 2.16. The van der Waals surface area contributed by atoms with Crippen LogP contribution >= 0.6 is 0 Å². The number of ether oxygens (including phenoxy) is 2. The smallest absolute Gasteiger partial charge is 0.251 e. The summed E-state index contributed by atoms with van der Waals surface area (Å²) in [5, 5.41) is 2.93. The number of nitrogens with one attached hydrogen (secondary N) is 1. The van der Waals surface area contributed by atoms with Gasteiger partial charge in [-0.2, -0.15) is 0 Å². The van der Waals surface area contributed by atoms with Crippen molar-refractivity contribution in [3.05, 3.63) is 65.2 Å². The van der Waals surface area contributed by atoms with E-state index in [-0.39, 0.29) is 12.0 Å². The van der Waals surface area contributed by atoms with E-state index in [0.717, 1.165) is 25.0 Å². The Labute approximate surface area is 142 Å². The van der Waals surface area contributed by atoms with E-state index >= 15 is 0 Å². The van der Waals surface area contributed by atoms with Crippen molar-refractivity contribution in [3.63, 3.8) is 0 Å². The number of aryl methyl sites for hydroxylation is 1. The van der Waals surface area contributed by atoms with Gasteiger partial charge in [-0.3, -0.25) is 4.79 Å². The van der Waals surface area contributed by atoms with Gasteiger partial charge in [0.1, 0.15) is 12.4 Å². The van der Waals surface area contributed by atoms with Crippen LogP contribution < -0.4 is 10.1 Å². The summed E-state index contributed by atoms with van der Waals surface area (Å²) in [6, 6.07) is 15.5. The van der Waals surface area contributed by atoms with Crippen LogP contribution in [0.15, 0.2) is 48.5 Å². The Morgan fingerprint density at radius 2 is 2.12 bits per heavy atom. The lowest BCUT2D eigenvalue weighted by atomic mass is 10.1. The Kier molecular flexibility index (Phi) is 5.49. The van der Waals surface area contributed by atoms with Crippen molar-refractivity contribution in [2.75, 3.05) is 13.2 Å². The molecule has 0 aromatic heterocycles. The van der Waals surface area contributed by atoms with Gasteiger partial charge < -0.3 is 14.8 Å². The van der Waals surface area contributed by atoms with Gasteiger partial charge in [-0.15, -0.1) is 0 Å². The van der Waals surface area contributed by atoms with Crippen molar-refractivity contribution in [2.45, 2.75) is 32.5 Å². The summed E-state index contributed by atoms with van der Waals surface area (Å²) in [4.78, 5) is 12.3. The van der Waals surface area contributed by atoms with E-state index in [9.17, 15) is 4.79 Å². The average molecular weight is 325 g/mol. The van der Waals surface area contributed by atoms with Crippen molar-refractivity contribution in [1.82, 2.24) is 5.32 Å². The first-order valence-electron chi connectivity index (χ1n) is 8.39. The van der Waals surface area contributed by atoms with Crippen LogP contribution in [-0.4, -0.2) is 25.2 Å². The Balaban J connectivity index is 1.55. The Bertz CT molecular complexity index is 693. The third kappa shape index (κ3) is 4.59. The fourth-order valence-electron chi connectivity index (χ4n) is 2.81. The van der Waals surface area contributed by atoms with Gasteiger partial charge in [0, 0.05) is 18.7 Å². The van der Waals surface area contributed by atoms with Crippen LogP contribution in [0, 0.1) is 6.92 Å². The van der Waals surface area contributed by atoms with Gasteiger partial charge in [0.15, 0.2) is 0 Å². The molecule has 1 N–H and O–H groups in total. The lowest BCUT2D eigenvalue weighted by Gasteiger charge is -2.12. The topological polar surface area (TPSA) is 47.6 Å². The number of carbonyl (C=O) groups excluding carboxylic acids is 1. The fourth-order valence-corrected chi connectivity index (χ4v) is 2.81. The molecular formula is C20H23NO3. The number of hydrogen-bond donors (Lipinski definition) is 1. The normalized spacial score (nSPS) is 16.8. The molecule has 1 atom stereocenters. The van der Waals surface area contributed by atoms with Gasteiger partial charge in [0.2, 0.25) is 0 Å². The van der Waals surface area contributed by atoms with Crippen molar-refractivity contribution < 1.29 is 14.3 Å². The zero-order valence-corrected chi connectivity index (χ0v) is 14.0. The molecule has 4 heteroatoms. The summed E-state index contributed by atoms with van der Waals surface area (Å²) >= 11 is 0. The van der Waals surface area contributed by atoms with Gasteiger partial charge in [0.25, 0.3) is 5.91 Å². The van der Waals surface area contributed by atoms with E-state index in [2.05, 4.69) is 24.4 Å². The van der Waals surface area contributed by atoms with E-state index in [0.29, 0.717) is 24.5 Å². The number of benzene rings is 2. The third-order valence-corrected chi connectivity index (χ3v) is 4.10. The monoisotopic (exact) mass is 325 g/mol. The molecule has 2 aromatic carbocycles. The summed E-state index contributed by atoms with van der Waals surface area (Å²) in [5.74, 6) is 0.604. The predicted molar refractivity (Wildman–Crippen MR) is 93.3 cm³/mol. The molecule has 1 amide bonds. The van der Waals surface area contributed by atoms with Crippen molar-refractivity contribution >= 4 is 5.91 Å². The molecule has 1 aliphatic rings. The van der Waals surface area contributed by atoms with E-state index in [4.69, 9.17) is 9.47 Å². The van der Waals surface area contributed by atoms with Gasteiger partial charge in [-0.05, 0) is 43.5 Å². The number of hydrogen-bond acceptors (Lipinski definition) is 3.